The number of methoxy groups -OCH3 is 2. The first kappa shape index (κ1) is 23.0. The lowest BCUT2D eigenvalue weighted by atomic mass is 10.0. The van der Waals surface area contributed by atoms with Crippen molar-refractivity contribution in [3.63, 3.8) is 0 Å². The first-order chi connectivity index (χ1) is 17.0. The van der Waals surface area contributed by atoms with E-state index in [0.29, 0.717) is 33.8 Å². The van der Waals surface area contributed by atoms with E-state index in [1.54, 1.807) is 31.3 Å². The van der Waals surface area contributed by atoms with Crippen LogP contribution in [0.3, 0.4) is 0 Å². The van der Waals surface area contributed by atoms with Crippen LogP contribution in [0.2, 0.25) is 0 Å². The number of aromatic nitrogens is 2. The minimum absolute atomic E-state index is 0.116. The Kier molecular flexibility index (Phi) is 6.25. The number of rotatable bonds is 6. The molecule has 2 aromatic carbocycles. The van der Waals surface area contributed by atoms with Crippen LogP contribution in [-0.2, 0) is 11.3 Å². The first-order valence-electron chi connectivity index (χ1n) is 11.2. The van der Waals surface area contributed by atoms with E-state index < -0.39 is 0 Å². The van der Waals surface area contributed by atoms with Crippen LogP contribution in [0.5, 0.6) is 11.5 Å². The van der Waals surface area contributed by atoms with E-state index >= 15 is 0 Å². The summed E-state index contributed by atoms with van der Waals surface area (Å²) in [4.78, 5) is 33.5. The largest absolute Gasteiger partial charge is 0.497 e. The van der Waals surface area contributed by atoms with Crippen molar-refractivity contribution >= 4 is 27.5 Å². The van der Waals surface area contributed by atoms with E-state index in [4.69, 9.17) is 9.47 Å². The number of hydrogen-bond acceptors (Lipinski definition) is 6. The Labute approximate surface area is 205 Å². The summed E-state index contributed by atoms with van der Waals surface area (Å²) in [6.45, 7) is 0.484. The fraction of sp³-hybridized carbons (Fsp3) is 0.269. The Hall–Kier alpha value is -3.72. The number of nitrogens with zero attached hydrogens (tertiary/aromatic N) is 3. The lowest BCUT2D eigenvalue weighted by molar-refractivity contribution is -0.132. The molecular formula is C26H24FN3O4S. The summed E-state index contributed by atoms with van der Waals surface area (Å²) < 4.78 is 25.6. The molecule has 7 nitrogen and oxygen atoms in total. The fourth-order valence-corrected chi connectivity index (χ4v) is 5.55. The van der Waals surface area contributed by atoms with Gasteiger partial charge in [-0.1, -0.05) is 12.1 Å². The highest BCUT2D eigenvalue weighted by Crippen LogP contribution is 2.39. The Morgan fingerprint density at radius 1 is 1.17 bits per heavy atom. The Balaban J connectivity index is 1.45. The van der Waals surface area contributed by atoms with Crippen LogP contribution < -0.4 is 15.0 Å². The highest BCUT2D eigenvalue weighted by Gasteiger charge is 2.32. The van der Waals surface area contributed by atoms with Gasteiger partial charge in [0.05, 0.1) is 32.0 Å². The molecule has 4 aromatic rings. The Morgan fingerprint density at radius 2 is 1.97 bits per heavy atom. The van der Waals surface area contributed by atoms with Gasteiger partial charge < -0.3 is 14.4 Å². The third-order valence-electron chi connectivity index (χ3n) is 6.39. The molecule has 1 fully saturated rings. The van der Waals surface area contributed by atoms with E-state index in [0.717, 1.165) is 24.0 Å². The van der Waals surface area contributed by atoms with Crippen molar-refractivity contribution in [3.8, 4) is 22.6 Å². The van der Waals surface area contributed by atoms with Crippen molar-refractivity contribution in [1.82, 2.24) is 14.5 Å². The molecule has 0 radical (unpaired) electrons. The molecule has 2 aromatic heterocycles. The molecule has 1 aliphatic rings. The minimum Gasteiger partial charge on any atom is -0.497 e. The van der Waals surface area contributed by atoms with Crippen LogP contribution in [0, 0.1) is 5.82 Å². The molecule has 1 atom stereocenters. The summed E-state index contributed by atoms with van der Waals surface area (Å²) in [5.41, 5.74) is 2.04. The van der Waals surface area contributed by atoms with Crippen molar-refractivity contribution in [2.45, 2.75) is 25.4 Å². The molecule has 1 amide bonds. The quantitative estimate of drug-likeness (QED) is 0.391. The molecule has 1 unspecified atom stereocenters. The zero-order chi connectivity index (χ0) is 24.5. The maximum atomic E-state index is 13.4. The number of ether oxygens (including phenoxy) is 2. The number of likely N-dealkylation sites (tertiary alicyclic amines) is 1. The lowest BCUT2D eigenvalue weighted by Gasteiger charge is -2.27. The van der Waals surface area contributed by atoms with Crippen LogP contribution in [-0.4, -0.2) is 41.1 Å². The summed E-state index contributed by atoms with van der Waals surface area (Å²) in [5.74, 6) is 0.840. The van der Waals surface area contributed by atoms with Crippen LogP contribution in [0.25, 0.3) is 21.3 Å². The first-order valence-corrected chi connectivity index (χ1v) is 12.1. The maximum Gasteiger partial charge on any atom is 0.263 e. The number of amides is 1. The van der Waals surface area contributed by atoms with E-state index in [2.05, 4.69) is 4.98 Å². The van der Waals surface area contributed by atoms with E-state index in [1.165, 1.54) is 34.4 Å². The standard InChI is InChI=1S/C26H24FN3O4S/c1-33-18-9-10-19(22(12-18)34-2)21-4-3-11-30(21)23(31)13-29-15-28-25-24(26(29)32)20(14-35-25)16-5-7-17(27)8-6-16/h5-10,12,14-15,21H,3-4,11,13H2,1-2H3. The van der Waals surface area contributed by atoms with Crippen molar-refractivity contribution < 1.29 is 18.7 Å². The van der Waals surface area contributed by atoms with Gasteiger partial charge in [-0.2, -0.15) is 0 Å². The fourth-order valence-electron chi connectivity index (χ4n) is 4.64. The molecule has 1 aliphatic heterocycles. The molecule has 5 rings (SSSR count). The summed E-state index contributed by atoms with van der Waals surface area (Å²) in [6, 6.07) is 11.4. The minimum atomic E-state index is -0.344. The summed E-state index contributed by atoms with van der Waals surface area (Å²) in [7, 11) is 3.19. The average molecular weight is 494 g/mol. The zero-order valence-electron chi connectivity index (χ0n) is 19.4. The van der Waals surface area contributed by atoms with Crippen LogP contribution >= 0.6 is 11.3 Å². The third kappa shape index (κ3) is 4.27. The van der Waals surface area contributed by atoms with Gasteiger partial charge in [-0.3, -0.25) is 14.2 Å². The molecule has 0 spiro atoms. The molecular weight excluding hydrogens is 469 g/mol. The van der Waals surface area contributed by atoms with Crippen LogP contribution in [0.1, 0.15) is 24.4 Å². The van der Waals surface area contributed by atoms with Crippen molar-refractivity contribution in [2.24, 2.45) is 0 Å². The number of benzene rings is 2. The Morgan fingerprint density at radius 3 is 2.71 bits per heavy atom. The van der Waals surface area contributed by atoms with Gasteiger partial charge in [0.15, 0.2) is 0 Å². The molecule has 0 aliphatic carbocycles. The number of carbonyl (C=O) groups excluding carboxylic acids is 1. The highest BCUT2D eigenvalue weighted by atomic mass is 32.1. The predicted molar refractivity (Wildman–Crippen MR) is 133 cm³/mol. The van der Waals surface area contributed by atoms with Gasteiger partial charge in [-0.05, 0) is 42.7 Å². The van der Waals surface area contributed by atoms with Gasteiger partial charge in [0.25, 0.3) is 5.56 Å². The third-order valence-corrected chi connectivity index (χ3v) is 7.28. The highest BCUT2D eigenvalue weighted by molar-refractivity contribution is 7.17. The molecule has 0 N–H and O–H groups in total. The number of carbonyl (C=O) groups is 1. The second-order valence-corrected chi connectivity index (χ2v) is 9.23. The van der Waals surface area contributed by atoms with Crippen molar-refractivity contribution in [2.75, 3.05) is 20.8 Å². The molecule has 0 bridgehead atoms. The van der Waals surface area contributed by atoms with Crippen LogP contribution in [0.15, 0.2) is 59.0 Å². The van der Waals surface area contributed by atoms with Gasteiger partial charge in [-0.25, -0.2) is 9.37 Å². The van der Waals surface area contributed by atoms with Gasteiger partial charge in [-0.15, -0.1) is 11.3 Å². The maximum absolute atomic E-state index is 13.4. The van der Waals surface area contributed by atoms with Gasteiger partial charge in [0, 0.05) is 29.1 Å². The summed E-state index contributed by atoms with van der Waals surface area (Å²) >= 11 is 1.35. The molecule has 9 heteroatoms. The summed E-state index contributed by atoms with van der Waals surface area (Å²) in [5, 5.41) is 2.27. The molecule has 35 heavy (non-hydrogen) atoms. The molecule has 180 valence electrons. The van der Waals surface area contributed by atoms with Gasteiger partial charge in [0.1, 0.15) is 28.7 Å². The second kappa shape index (κ2) is 9.50. The smallest absolute Gasteiger partial charge is 0.263 e. The van der Waals surface area contributed by atoms with Crippen LogP contribution in [0.4, 0.5) is 4.39 Å². The van der Waals surface area contributed by atoms with Crippen molar-refractivity contribution in [3.05, 3.63) is 75.9 Å². The van der Waals surface area contributed by atoms with E-state index in [9.17, 15) is 14.0 Å². The second-order valence-electron chi connectivity index (χ2n) is 8.37. The normalized spacial score (nSPS) is 15.5. The van der Waals surface area contributed by atoms with Gasteiger partial charge >= 0.3 is 0 Å². The number of fused-ring (bicyclic) bond motifs is 1. The average Bonchev–Trinajstić information content (AvgIpc) is 3.54. The number of thiophene rings is 1. The lowest BCUT2D eigenvalue weighted by Crippen LogP contribution is -2.36. The van der Waals surface area contributed by atoms with E-state index in [-0.39, 0.29) is 29.9 Å². The summed E-state index contributed by atoms with van der Waals surface area (Å²) in [6.07, 6.45) is 3.09. The van der Waals surface area contributed by atoms with E-state index in [1.807, 2.05) is 23.6 Å². The Bertz CT molecular complexity index is 1450. The SMILES string of the molecule is COc1ccc(C2CCCN2C(=O)Cn2cnc3scc(-c4ccc(F)cc4)c3c2=O)c(OC)c1. The van der Waals surface area contributed by atoms with Crippen molar-refractivity contribution in [1.29, 1.82) is 0 Å². The molecule has 1 saturated heterocycles. The molecule has 3 heterocycles. The molecule has 0 saturated carbocycles. The number of halogens is 1. The topological polar surface area (TPSA) is 73.7 Å². The zero-order valence-corrected chi connectivity index (χ0v) is 20.2. The number of hydrogen-bond donors (Lipinski definition) is 0. The monoisotopic (exact) mass is 493 g/mol. The predicted octanol–water partition coefficient (Wildman–Crippen LogP) is 4.65. The van der Waals surface area contributed by atoms with Gasteiger partial charge in [0.2, 0.25) is 5.91 Å².